The van der Waals surface area contributed by atoms with E-state index in [1.807, 2.05) is 0 Å². The highest BCUT2D eigenvalue weighted by Gasteiger charge is 2.30. The van der Waals surface area contributed by atoms with Crippen molar-refractivity contribution in [1.29, 1.82) is 0 Å². The zero-order valence-electron chi connectivity index (χ0n) is 14.3. The standard InChI is InChI=1S/C19H28FN3O/c20-17-7-5-16(6-8-17)14-23-12-2-4-18(23)19(24)22-11-9-15-3-1-10-21-13-15/h5-8,15,18,21H,1-4,9-14H2,(H,22,24). The first kappa shape index (κ1) is 17.4. The summed E-state index contributed by atoms with van der Waals surface area (Å²) >= 11 is 0. The van der Waals surface area contributed by atoms with Gasteiger partial charge in [-0.15, -0.1) is 0 Å². The van der Waals surface area contributed by atoms with Gasteiger partial charge in [-0.3, -0.25) is 9.69 Å². The van der Waals surface area contributed by atoms with E-state index in [0.29, 0.717) is 12.5 Å². The second kappa shape index (κ2) is 8.58. The summed E-state index contributed by atoms with van der Waals surface area (Å²) in [6.07, 6.45) is 5.53. The number of hydrogen-bond acceptors (Lipinski definition) is 3. The minimum absolute atomic E-state index is 0.0421. The molecule has 1 aromatic carbocycles. The van der Waals surface area contributed by atoms with E-state index >= 15 is 0 Å². The fraction of sp³-hybridized carbons (Fsp3) is 0.632. The van der Waals surface area contributed by atoms with E-state index in [9.17, 15) is 9.18 Å². The van der Waals surface area contributed by atoms with Crippen LogP contribution in [-0.2, 0) is 11.3 Å². The van der Waals surface area contributed by atoms with Crippen LogP contribution < -0.4 is 10.6 Å². The van der Waals surface area contributed by atoms with Crippen molar-refractivity contribution >= 4 is 5.91 Å². The first-order valence-electron chi connectivity index (χ1n) is 9.19. The number of hydrogen-bond donors (Lipinski definition) is 2. The molecule has 1 amide bonds. The molecule has 4 nitrogen and oxygen atoms in total. The molecule has 1 aromatic rings. The average molecular weight is 333 g/mol. The molecule has 2 atom stereocenters. The van der Waals surface area contributed by atoms with Crippen molar-refractivity contribution in [2.45, 2.75) is 44.7 Å². The lowest BCUT2D eigenvalue weighted by Gasteiger charge is -2.25. The predicted octanol–water partition coefficient (Wildman–Crippen LogP) is 2.30. The Morgan fingerprint density at radius 3 is 2.83 bits per heavy atom. The monoisotopic (exact) mass is 333 g/mol. The molecule has 2 aliphatic heterocycles. The van der Waals surface area contributed by atoms with Gasteiger partial charge in [0.1, 0.15) is 5.82 Å². The Kier molecular flexibility index (Phi) is 6.21. The summed E-state index contributed by atoms with van der Waals surface area (Å²) in [4.78, 5) is 14.7. The third kappa shape index (κ3) is 4.77. The predicted molar refractivity (Wildman–Crippen MR) is 93.1 cm³/mol. The van der Waals surface area contributed by atoms with Crippen LogP contribution in [0, 0.1) is 11.7 Å². The second-order valence-electron chi connectivity index (χ2n) is 7.05. The Bertz CT molecular complexity index is 528. The number of carbonyl (C=O) groups excluding carboxylic acids is 1. The molecule has 0 bridgehead atoms. The third-order valence-corrected chi connectivity index (χ3v) is 5.22. The summed E-state index contributed by atoms with van der Waals surface area (Å²) < 4.78 is 13.0. The molecular formula is C19H28FN3O. The van der Waals surface area contributed by atoms with Crippen molar-refractivity contribution in [3.63, 3.8) is 0 Å². The van der Waals surface area contributed by atoms with Crippen LogP contribution in [0.4, 0.5) is 4.39 Å². The molecule has 2 heterocycles. The minimum atomic E-state index is -0.216. The number of carbonyl (C=O) groups is 1. The quantitative estimate of drug-likeness (QED) is 0.840. The van der Waals surface area contributed by atoms with Crippen molar-refractivity contribution in [2.24, 2.45) is 5.92 Å². The smallest absolute Gasteiger partial charge is 0.237 e. The van der Waals surface area contributed by atoms with Crippen molar-refractivity contribution in [3.05, 3.63) is 35.6 Å². The van der Waals surface area contributed by atoms with Gasteiger partial charge in [0.2, 0.25) is 5.91 Å². The SMILES string of the molecule is O=C(NCCC1CCCNC1)C1CCCN1Cc1ccc(F)cc1. The Balaban J connectivity index is 1.45. The summed E-state index contributed by atoms with van der Waals surface area (Å²) in [7, 11) is 0. The summed E-state index contributed by atoms with van der Waals surface area (Å²) in [6, 6.07) is 6.54. The molecule has 2 N–H and O–H groups in total. The van der Waals surface area contributed by atoms with Gasteiger partial charge < -0.3 is 10.6 Å². The summed E-state index contributed by atoms with van der Waals surface area (Å²) in [5.74, 6) is 0.628. The van der Waals surface area contributed by atoms with Crippen LogP contribution in [0.3, 0.4) is 0 Å². The van der Waals surface area contributed by atoms with Gasteiger partial charge in [-0.05, 0) is 75.4 Å². The minimum Gasteiger partial charge on any atom is -0.355 e. The van der Waals surface area contributed by atoms with Gasteiger partial charge in [0.25, 0.3) is 0 Å². The molecule has 2 saturated heterocycles. The molecule has 132 valence electrons. The van der Waals surface area contributed by atoms with Crippen LogP contribution in [0.15, 0.2) is 24.3 Å². The fourth-order valence-corrected chi connectivity index (χ4v) is 3.82. The van der Waals surface area contributed by atoms with E-state index in [-0.39, 0.29) is 17.8 Å². The topological polar surface area (TPSA) is 44.4 Å². The average Bonchev–Trinajstić information content (AvgIpc) is 3.06. The number of nitrogens with one attached hydrogen (secondary N) is 2. The van der Waals surface area contributed by atoms with E-state index < -0.39 is 0 Å². The van der Waals surface area contributed by atoms with E-state index in [2.05, 4.69) is 15.5 Å². The normalized spacial score (nSPS) is 24.9. The third-order valence-electron chi connectivity index (χ3n) is 5.22. The molecule has 5 heteroatoms. The lowest BCUT2D eigenvalue weighted by molar-refractivity contribution is -0.125. The first-order valence-corrected chi connectivity index (χ1v) is 9.19. The van der Waals surface area contributed by atoms with Gasteiger partial charge in [-0.25, -0.2) is 4.39 Å². The van der Waals surface area contributed by atoms with Crippen LogP contribution in [0.25, 0.3) is 0 Å². The summed E-state index contributed by atoms with van der Waals surface area (Å²) in [5.41, 5.74) is 1.06. The number of likely N-dealkylation sites (tertiary alicyclic amines) is 1. The maximum absolute atomic E-state index is 13.0. The lowest BCUT2D eigenvalue weighted by Crippen LogP contribution is -2.43. The van der Waals surface area contributed by atoms with Crippen LogP contribution >= 0.6 is 0 Å². The number of rotatable bonds is 6. The molecule has 2 unspecified atom stereocenters. The zero-order chi connectivity index (χ0) is 16.8. The number of benzene rings is 1. The number of halogens is 1. The molecule has 0 aromatic heterocycles. The molecule has 0 aliphatic carbocycles. The Morgan fingerprint density at radius 1 is 1.25 bits per heavy atom. The summed E-state index contributed by atoms with van der Waals surface area (Å²) in [5, 5.41) is 6.55. The van der Waals surface area contributed by atoms with Crippen molar-refractivity contribution in [3.8, 4) is 0 Å². The van der Waals surface area contributed by atoms with Gasteiger partial charge in [0, 0.05) is 13.1 Å². The van der Waals surface area contributed by atoms with E-state index in [1.165, 1.54) is 25.0 Å². The lowest BCUT2D eigenvalue weighted by atomic mass is 9.96. The Labute approximate surface area is 143 Å². The molecule has 0 saturated carbocycles. The second-order valence-corrected chi connectivity index (χ2v) is 7.05. The molecular weight excluding hydrogens is 305 g/mol. The Hall–Kier alpha value is -1.46. The molecule has 2 aliphatic rings. The van der Waals surface area contributed by atoms with Gasteiger partial charge in [0.05, 0.1) is 6.04 Å². The highest BCUT2D eigenvalue weighted by Crippen LogP contribution is 2.20. The summed E-state index contributed by atoms with van der Waals surface area (Å²) in [6.45, 7) is 4.62. The van der Waals surface area contributed by atoms with Crippen LogP contribution in [0.1, 0.15) is 37.7 Å². The van der Waals surface area contributed by atoms with Gasteiger partial charge >= 0.3 is 0 Å². The number of nitrogens with zero attached hydrogens (tertiary/aromatic N) is 1. The molecule has 2 fully saturated rings. The zero-order valence-corrected chi connectivity index (χ0v) is 14.3. The molecule has 24 heavy (non-hydrogen) atoms. The van der Waals surface area contributed by atoms with Gasteiger partial charge in [-0.2, -0.15) is 0 Å². The Morgan fingerprint density at radius 2 is 2.08 bits per heavy atom. The van der Waals surface area contributed by atoms with Crippen LogP contribution in [0.2, 0.25) is 0 Å². The maximum atomic E-state index is 13.0. The van der Waals surface area contributed by atoms with Crippen molar-refractivity contribution in [2.75, 3.05) is 26.2 Å². The fourth-order valence-electron chi connectivity index (χ4n) is 3.82. The molecule has 0 spiro atoms. The highest BCUT2D eigenvalue weighted by molar-refractivity contribution is 5.82. The largest absolute Gasteiger partial charge is 0.355 e. The maximum Gasteiger partial charge on any atom is 0.237 e. The van der Waals surface area contributed by atoms with E-state index in [0.717, 1.165) is 51.0 Å². The van der Waals surface area contributed by atoms with Gasteiger partial charge in [0.15, 0.2) is 0 Å². The van der Waals surface area contributed by atoms with E-state index in [1.54, 1.807) is 12.1 Å². The van der Waals surface area contributed by atoms with Crippen LogP contribution in [0.5, 0.6) is 0 Å². The first-order chi connectivity index (χ1) is 11.7. The number of amides is 1. The molecule has 0 radical (unpaired) electrons. The van der Waals surface area contributed by atoms with Crippen LogP contribution in [-0.4, -0.2) is 43.0 Å². The van der Waals surface area contributed by atoms with Gasteiger partial charge in [-0.1, -0.05) is 12.1 Å². The highest BCUT2D eigenvalue weighted by atomic mass is 19.1. The van der Waals surface area contributed by atoms with Crippen molar-refractivity contribution < 1.29 is 9.18 Å². The van der Waals surface area contributed by atoms with E-state index in [4.69, 9.17) is 0 Å². The van der Waals surface area contributed by atoms with Crippen molar-refractivity contribution in [1.82, 2.24) is 15.5 Å². The molecule has 3 rings (SSSR count). The number of piperidine rings is 1.